The summed E-state index contributed by atoms with van der Waals surface area (Å²) in [5.41, 5.74) is 0. The number of carbonyl (C=O) groups excluding carboxylic acids is 3. The van der Waals surface area contributed by atoms with Crippen LogP contribution in [0.5, 0.6) is 0 Å². The minimum absolute atomic E-state index is 0.145. The maximum atomic E-state index is 12.9. The first kappa shape index (κ1) is 65.2. The van der Waals surface area contributed by atoms with E-state index in [4.69, 9.17) is 23.3 Å². The van der Waals surface area contributed by atoms with Crippen molar-refractivity contribution in [2.45, 2.75) is 251 Å². The first-order valence-corrected chi connectivity index (χ1v) is 28.7. The van der Waals surface area contributed by atoms with Gasteiger partial charge in [0.25, 0.3) is 0 Å². The number of aliphatic hydroxyl groups excluding tert-OH is 1. The van der Waals surface area contributed by atoms with Crippen molar-refractivity contribution in [1.29, 1.82) is 0 Å². The molecule has 0 radical (unpaired) electrons. The molecule has 12 heteroatoms. The second-order valence-corrected chi connectivity index (χ2v) is 19.5. The SMILES string of the molecule is CC/C=C\C/C=C\C/C=C\CCCCCCCC(=O)OC(COC(=O)CCCCCCC/C=C\C/C=C\CCC)COP(=O)(O)OCC(CO)OC(=O)CCCCCCCCCCCCCCC. The van der Waals surface area contributed by atoms with E-state index < -0.39 is 57.8 Å². The van der Waals surface area contributed by atoms with E-state index in [1.54, 1.807) is 0 Å². The fourth-order valence-electron chi connectivity index (χ4n) is 7.29. The Labute approximate surface area is 415 Å². The van der Waals surface area contributed by atoms with Crippen molar-refractivity contribution in [2.24, 2.45) is 0 Å². The van der Waals surface area contributed by atoms with Crippen molar-refractivity contribution >= 4 is 25.7 Å². The molecule has 394 valence electrons. The number of unbranched alkanes of at least 4 members (excludes halogenated alkanes) is 23. The molecule has 0 aromatic rings. The summed E-state index contributed by atoms with van der Waals surface area (Å²) < 4.78 is 39.4. The molecule has 0 aromatic carbocycles. The lowest BCUT2D eigenvalue weighted by molar-refractivity contribution is -0.161. The summed E-state index contributed by atoms with van der Waals surface area (Å²) in [4.78, 5) is 48.4. The van der Waals surface area contributed by atoms with Crippen LogP contribution in [0.4, 0.5) is 0 Å². The molecule has 68 heavy (non-hydrogen) atoms. The molecule has 0 saturated carbocycles. The van der Waals surface area contributed by atoms with E-state index in [9.17, 15) is 28.9 Å². The molecule has 0 bridgehead atoms. The number of phosphoric acid groups is 1. The van der Waals surface area contributed by atoms with E-state index >= 15 is 0 Å². The molecule has 0 amide bonds. The van der Waals surface area contributed by atoms with Gasteiger partial charge in [-0.05, 0) is 77.0 Å². The summed E-state index contributed by atoms with van der Waals surface area (Å²) in [6, 6.07) is 0. The Morgan fingerprint density at radius 2 is 0.794 bits per heavy atom. The van der Waals surface area contributed by atoms with Crippen molar-refractivity contribution in [1.82, 2.24) is 0 Å². The molecule has 0 fully saturated rings. The van der Waals surface area contributed by atoms with E-state index in [0.29, 0.717) is 19.3 Å². The molecule has 0 spiro atoms. The molecule has 0 aromatic heterocycles. The Kier molecular flexibility index (Phi) is 48.5. The van der Waals surface area contributed by atoms with Crippen LogP contribution in [0.1, 0.15) is 239 Å². The van der Waals surface area contributed by atoms with Crippen LogP contribution in [0.3, 0.4) is 0 Å². The highest BCUT2D eigenvalue weighted by Crippen LogP contribution is 2.43. The van der Waals surface area contributed by atoms with E-state index in [1.807, 2.05) is 0 Å². The van der Waals surface area contributed by atoms with Gasteiger partial charge >= 0.3 is 25.7 Å². The third-order valence-corrected chi connectivity index (χ3v) is 12.4. The summed E-state index contributed by atoms with van der Waals surface area (Å²) in [7, 11) is -4.75. The second kappa shape index (κ2) is 50.6. The van der Waals surface area contributed by atoms with Gasteiger partial charge in [0.1, 0.15) is 12.7 Å². The van der Waals surface area contributed by atoms with Gasteiger partial charge in [0.05, 0.1) is 19.8 Å². The number of allylic oxidation sites excluding steroid dienone is 10. The predicted molar refractivity (Wildman–Crippen MR) is 279 cm³/mol. The average molecular weight is 979 g/mol. The first-order chi connectivity index (χ1) is 33.2. The first-order valence-electron chi connectivity index (χ1n) is 27.2. The van der Waals surface area contributed by atoms with Crippen molar-refractivity contribution in [2.75, 3.05) is 26.4 Å². The summed E-state index contributed by atoms with van der Waals surface area (Å²) in [5, 5.41) is 9.79. The monoisotopic (exact) mass is 979 g/mol. The van der Waals surface area contributed by atoms with E-state index in [1.165, 1.54) is 64.2 Å². The van der Waals surface area contributed by atoms with Crippen LogP contribution in [-0.4, -0.2) is 66.5 Å². The quantitative estimate of drug-likeness (QED) is 0.0197. The summed E-state index contributed by atoms with van der Waals surface area (Å²) >= 11 is 0. The van der Waals surface area contributed by atoms with Crippen molar-refractivity contribution in [3.63, 3.8) is 0 Å². The van der Waals surface area contributed by atoms with Crippen molar-refractivity contribution < 1.29 is 52.2 Å². The molecule has 2 N–H and O–H groups in total. The summed E-state index contributed by atoms with van der Waals surface area (Å²) in [5.74, 6) is -1.50. The molecule has 3 unspecified atom stereocenters. The lowest BCUT2D eigenvalue weighted by Crippen LogP contribution is -2.30. The molecular formula is C56H99O11P. The molecule has 0 saturated heterocycles. The van der Waals surface area contributed by atoms with E-state index in [2.05, 4.69) is 81.5 Å². The fraction of sp³-hybridized carbons (Fsp3) is 0.768. The highest BCUT2D eigenvalue weighted by Gasteiger charge is 2.28. The maximum absolute atomic E-state index is 12.9. The van der Waals surface area contributed by atoms with Crippen LogP contribution in [-0.2, 0) is 42.2 Å². The molecule has 0 heterocycles. The average Bonchev–Trinajstić information content (AvgIpc) is 3.32. The summed E-state index contributed by atoms with van der Waals surface area (Å²) in [6.45, 7) is 4.43. The van der Waals surface area contributed by atoms with Crippen molar-refractivity contribution in [3.8, 4) is 0 Å². The van der Waals surface area contributed by atoms with Crippen LogP contribution in [0, 0.1) is 0 Å². The standard InChI is InChI=1S/C56H99O11P/c1-4-7-10-13-16-19-22-25-26-29-32-35-38-41-44-47-56(60)67-53(49-63-54(58)45-42-39-36-33-30-27-23-20-17-14-11-8-5-2)51-65-68(61,62)64-50-52(48-57)66-55(59)46-43-40-37-34-31-28-24-21-18-15-12-9-6-3/h7,10-11,14,16,19-20,23,25-26,52-53,57H,4-6,8-9,12-13,15,17-18,21-22,24,27-51H2,1-3H3,(H,61,62)/b10-7-,14-11-,19-16-,23-20-,26-25-. The van der Waals surface area contributed by atoms with Gasteiger partial charge in [-0.15, -0.1) is 0 Å². The van der Waals surface area contributed by atoms with E-state index in [-0.39, 0.29) is 25.9 Å². The zero-order valence-electron chi connectivity index (χ0n) is 43.3. The van der Waals surface area contributed by atoms with Gasteiger partial charge in [-0.25, -0.2) is 4.57 Å². The number of rotatable bonds is 50. The van der Waals surface area contributed by atoms with Gasteiger partial charge < -0.3 is 24.2 Å². The van der Waals surface area contributed by atoms with Crippen LogP contribution < -0.4 is 0 Å². The molecule has 0 aliphatic rings. The minimum Gasteiger partial charge on any atom is -0.462 e. The smallest absolute Gasteiger partial charge is 0.462 e. The number of hydrogen-bond donors (Lipinski definition) is 2. The normalized spacial score (nSPS) is 13.9. The number of esters is 3. The number of phosphoric ester groups is 1. The maximum Gasteiger partial charge on any atom is 0.472 e. The lowest BCUT2D eigenvalue weighted by Gasteiger charge is -2.21. The Balaban J connectivity index is 4.76. The Morgan fingerprint density at radius 1 is 0.426 bits per heavy atom. The van der Waals surface area contributed by atoms with Gasteiger partial charge in [0.15, 0.2) is 6.10 Å². The van der Waals surface area contributed by atoms with Crippen LogP contribution in [0.25, 0.3) is 0 Å². The van der Waals surface area contributed by atoms with Crippen LogP contribution in [0.15, 0.2) is 60.8 Å². The third kappa shape index (κ3) is 48.2. The van der Waals surface area contributed by atoms with Crippen LogP contribution >= 0.6 is 7.82 Å². The van der Waals surface area contributed by atoms with Crippen molar-refractivity contribution in [3.05, 3.63) is 60.8 Å². The van der Waals surface area contributed by atoms with E-state index in [0.717, 1.165) is 116 Å². The highest BCUT2D eigenvalue weighted by atomic mass is 31.2. The zero-order valence-corrected chi connectivity index (χ0v) is 44.2. The molecular weight excluding hydrogens is 880 g/mol. The van der Waals surface area contributed by atoms with Gasteiger partial charge in [-0.3, -0.25) is 23.4 Å². The third-order valence-electron chi connectivity index (χ3n) is 11.4. The number of carbonyl (C=O) groups is 3. The topological polar surface area (TPSA) is 155 Å². The number of hydrogen-bond acceptors (Lipinski definition) is 10. The van der Waals surface area contributed by atoms with Gasteiger partial charge in [-0.2, -0.15) is 0 Å². The van der Waals surface area contributed by atoms with Gasteiger partial charge in [0.2, 0.25) is 0 Å². The number of ether oxygens (including phenoxy) is 3. The van der Waals surface area contributed by atoms with Gasteiger partial charge in [0, 0.05) is 19.3 Å². The molecule has 0 rings (SSSR count). The molecule has 3 atom stereocenters. The zero-order chi connectivity index (χ0) is 49.9. The lowest BCUT2D eigenvalue weighted by atomic mass is 10.0. The Bertz CT molecular complexity index is 1370. The Morgan fingerprint density at radius 3 is 1.24 bits per heavy atom. The molecule has 11 nitrogen and oxygen atoms in total. The highest BCUT2D eigenvalue weighted by molar-refractivity contribution is 7.47. The minimum atomic E-state index is -4.75. The molecule has 0 aliphatic carbocycles. The molecule has 0 aliphatic heterocycles. The predicted octanol–water partition coefficient (Wildman–Crippen LogP) is 15.6. The summed E-state index contributed by atoms with van der Waals surface area (Å²) in [6.07, 6.45) is 53.2. The van der Waals surface area contributed by atoms with Crippen LogP contribution in [0.2, 0.25) is 0 Å². The fourth-order valence-corrected chi connectivity index (χ4v) is 8.07. The van der Waals surface area contributed by atoms with Gasteiger partial charge in [-0.1, -0.05) is 204 Å². The Hall–Kier alpha value is -2.82. The second-order valence-electron chi connectivity index (χ2n) is 18.0. The number of aliphatic hydroxyl groups is 1. The largest absolute Gasteiger partial charge is 0.472 e.